The van der Waals surface area contributed by atoms with Gasteiger partial charge in [0.15, 0.2) is 0 Å². The van der Waals surface area contributed by atoms with Gasteiger partial charge < -0.3 is 29.0 Å². The van der Waals surface area contributed by atoms with Crippen LogP contribution in [0.1, 0.15) is 27.9 Å². The van der Waals surface area contributed by atoms with Gasteiger partial charge in [0.25, 0.3) is 5.91 Å². The Bertz CT molecular complexity index is 1400. The normalized spacial score (nSPS) is 10.9. The van der Waals surface area contributed by atoms with E-state index in [-0.39, 0.29) is 18.4 Å². The number of nitrogens with one attached hydrogen (secondary N) is 1. The van der Waals surface area contributed by atoms with Crippen LogP contribution in [0.3, 0.4) is 0 Å². The molecule has 210 valence electrons. The second-order valence-corrected chi connectivity index (χ2v) is 9.58. The lowest BCUT2D eigenvalue weighted by atomic mass is 10.1. The zero-order valence-electron chi connectivity index (χ0n) is 23.4. The highest BCUT2D eigenvalue weighted by molar-refractivity contribution is 5.97. The summed E-state index contributed by atoms with van der Waals surface area (Å²) in [5, 5.41) is 1.15. The van der Waals surface area contributed by atoms with Gasteiger partial charge in [-0.15, -0.1) is 0 Å². The number of methoxy groups -OCH3 is 3. The Morgan fingerprint density at radius 2 is 1.60 bits per heavy atom. The quantitative estimate of drug-likeness (QED) is 0.228. The zero-order valence-corrected chi connectivity index (χ0v) is 23.4. The van der Waals surface area contributed by atoms with Gasteiger partial charge in [-0.2, -0.15) is 0 Å². The van der Waals surface area contributed by atoms with Crippen molar-refractivity contribution in [2.75, 3.05) is 47.6 Å². The third-order valence-corrected chi connectivity index (χ3v) is 6.92. The Kier molecular flexibility index (Phi) is 10.2. The number of hydrogen-bond acceptors (Lipinski definition) is 5. The highest BCUT2D eigenvalue weighted by Gasteiger charge is 2.23. The Hall–Kier alpha value is -4.30. The van der Waals surface area contributed by atoms with Crippen LogP contribution in [0, 0.1) is 0 Å². The lowest BCUT2D eigenvalue weighted by Crippen LogP contribution is -2.44. The van der Waals surface area contributed by atoms with E-state index in [2.05, 4.69) is 11.1 Å². The van der Waals surface area contributed by atoms with Crippen LogP contribution >= 0.6 is 0 Å². The van der Waals surface area contributed by atoms with Crippen LogP contribution in [0.4, 0.5) is 0 Å². The van der Waals surface area contributed by atoms with Crippen molar-refractivity contribution in [2.45, 2.75) is 19.4 Å². The van der Waals surface area contributed by atoms with E-state index in [0.717, 1.165) is 27.8 Å². The molecule has 1 N–H and O–H groups in total. The van der Waals surface area contributed by atoms with Gasteiger partial charge in [-0.3, -0.25) is 9.59 Å². The van der Waals surface area contributed by atoms with Crippen LogP contribution < -0.4 is 9.47 Å². The molecule has 1 heterocycles. The van der Waals surface area contributed by atoms with Crippen LogP contribution in [0.2, 0.25) is 0 Å². The minimum Gasteiger partial charge on any atom is -0.497 e. The van der Waals surface area contributed by atoms with Crippen molar-refractivity contribution < 1.29 is 23.8 Å². The van der Waals surface area contributed by atoms with Gasteiger partial charge in [0.2, 0.25) is 5.91 Å². The molecule has 40 heavy (non-hydrogen) atoms. The molecule has 8 nitrogen and oxygen atoms in total. The lowest BCUT2D eigenvalue weighted by Gasteiger charge is -2.28. The molecule has 4 aromatic rings. The molecule has 1 aromatic heterocycles. The maximum absolute atomic E-state index is 13.8. The summed E-state index contributed by atoms with van der Waals surface area (Å²) in [6.45, 7) is 1.78. The van der Waals surface area contributed by atoms with E-state index in [0.29, 0.717) is 50.4 Å². The van der Waals surface area contributed by atoms with Crippen LogP contribution in [0.15, 0.2) is 79.0 Å². The summed E-state index contributed by atoms with van der Waals surface area (Å²) in [6.07, 6.45) is 3.30. The smallest absolute Gasteiger partial charge is 0.254 e. The number of ether oxygens (including phenoxy) is 3. The Morgan fingerprint density at radius 1 is 0.825 bits per heavy atom. The Labute approximate surface area is 235 Å². The predicted octanol–water partition coefficient (Wildman–Crippen LogP) is 4.94. The number of para-hydroxylation sites is 1. The minimum absolute atomic E-state index is 0.0379. The lowest BCUT2D eigenvalue weighted by molar-refractivity contribution is -0.132. The topological polar surface area (TPSA) is 84.1 Å². The van der Waals surface area contributed by atoms with Gasteiger partial charge in [-0.25, -0.2) is 0 Å². The Morgan fingerprint density at radius 3 is 2.35 bits per heavy atom. The second-order valence-electron chi connectivity index (χ2n) is 9.58. The van der Waals surface area contributed by atoms with Crippen molar-refractivity contribution in [1.29, 1.82) is 0 Å². The molecule has 4 rings (SSSR count). The van der Waals surface area contributed by atoms with Gasteiger partial charge in [0.05, 0.1) is 14.2 Å². The number of carbonyl (C=O) groups excluding carboxylic acids is 2. The third-order valence-electron chi connectivity index (χ3n) is 6.92. The SMILES string of the molecule is COCCCN(CC(=O)N(CCc1c[nH]c2ccccc12)Cc1ccc(OC)cc1)C(=O)c1cccc(OC)c1. The summed E-state index contributed by atoms with van der Waals surface area (Å²) >= 11 is 0. The predicted molar refractivity (Wildman–Crippen MR) is 156 cm³/mol. The van der Waals surface area contributed by atoms with Crippen molar-refractivity contribution in [3.8, 4) is 11.5 Å². The molecular weight excluding hydrogens is 506 g/mol. The van der Waals surface area contributed by atoms with Crippen molar-refractivity contribution in [3.63, 3.8) is 0 Å². The van der Waals surface area contributed by atoms with Gasteiger partial charge in [-0.1, -0.05) is 36.4 Å². The first kappa shape index (κ1) is 28.7. The number of rotatable bonds is 14. The molecule has 0 fully saturated rings. The maximum Gasteiger partial charge on any atom is 0.254 e. The van der Waals surface area contributed by atoms with Gasteiger partial charge >= 0.3 is 0 Å². The number of nitrogens with zero attached hydrogens (tertiary/aromatic N) is 2. The van der Waals surface area contributed by atoms with Crippen molar-refractivity contribution >= 4 is 22.7 Å². The van der Waals surface area contributed by atoms with Crippen LogP contribution in [-0.2, 0) is 22.5 Å². The van der Waals surface area contributed by atoms with Gasteiger partial charge in [0, 0.05) is 56.0 Å². The molecule has 0 saturated heterocycles. The molecule has 2 amide bonds. The highest BCUT2D eigenvalue weighted by atomic mass is 16.5. The fourth-order valence-corrected chi connectivity index (χ4v) is 4.69. The van der Waals surface area contributed by atoms with Crippen LogP contribution in [0.5, 0.6) is 11.5 Å². The monoisotopic (exact) mass is 543 g/mol. The molecule has 0 unspecified atom stereocenters. The van der Waals surface area contributed by atoms with E-state index >= 15 is 0 Å². The van der Waals surface area contributed by atoms with Gasteiger partial charge in [0.1, 0.15) is 18.0 Å². The first-order chi connectivity index (χ1) is 19.5. The molecule has 0 atom stereocenters. The van der Waals surface area contributed by atoms with E-state index in [9.17, 15) is 9.59 Å². The number of benzene rings is 3. The second kappa shape index (κ2) is 14.2. The summed E-state index contributed by atoms with van der Waals surface area (Å²) in [6, 6.07) is 22.8. The summed E-state index contributed by atoms with van der Waals surface area (Å²) in [4.78, 5) is 34.1. The van der Waals surface area contributed by atoms with E-state index in [1.54, 1.807) is 50.5 Å². The number of H-pyrrole nitrogens is 1. The summed E-state index contributed by atoms with van der Waals surface area (Å²) in [7, 11) is 4.82. The molecule has 0 aliphatic carbocycles. The number of hydrogen-bond donors (Lipinski definition) is 1. The average Bonchev–Trinajstić information content (AvgIpc) is 3.41. The van der Waals surface area contributed by atoms with Crippen molar-refractivity contribution in [3.05, 3.63) is 95.7 Å². The van der Waals surface area contributed by atoms with E-state index < -0.39 is 0 Å². The summed E-state index contributed by atoms with van der Waals surface area (Å²) in [5.41, 5.74) is 3.68. The van der Waals surface area contributed by atoms with E-state index in [4.69, 9.17) is 14.2 Å². The highest BCUT2D eigenvalue weighted by Crippen LogP contribution is 2.20. The summed E-state index contributed by atoms with van der Waals surface area (Å²) in [5.74, 6) is 1.01. The number of carbonyl (C=O) groups is 2. The fourth-order valence-electron chi connectivity index (χ4n) is 4.69. The molecule has 0 bridgehead atoms. The molecule has 0 aliphatic rings. The maximum atomic E-state index is 13.8. The number of aromatic nitrogens is 1. The number of amides is 2. The fraction of sp³-hybridized carbons (Fsp3) is 0.312. The number of fused-ring (bicyclic) bond motifs is 1. The standard InChI is InChI=1S/C32H37N3O5/c1-38-19-7-17-35(32(37)25-8-6-9-28(20-25)40-3)23-31(36)34(22-24-12-14-27(39-2)15-13-24)18-16-26-21-33-30-11-5-4-10-29(26)30/h4-6,8-15,20-21,33H,7,16-19,22-23H2,1-3H3. The first-order valence-electron chi connectivity index (χ1n) is 13.4. The summed E-state index contributed by atoms with van der Waals surface area (Å²) < 4.78 is 15.8. The van der Waals surface area contributed by atoms with Crippen LogP contribution in [0.25, 0.3) is 10.9 Å². The molecule has 0 saturated carbocycles. The van der Waals surface area contributed by atoms with Crippen molar-refractivity contribution in [2.24, 2.45) is 0 Å². The molecular formula is C32H37N3O5. The largest absolute Gasteiger partial charge is 0.497 e. The Balaban J connectivity index is 1.55. The van der Waals surface area contributed by atoms with Crippen LogP contribution in [-0.4, -0.2) is 74.2 Å². The van der Waals surface area contributed by atoms with E-state index in [1.165, 1.54) is 0 Å². The third kappa shape index (κ3) is 7.42. The zero-order chi connectivity index (χ0) is 28.3. The minimum atomic E-state index is -0.218. The molecule has 3 aromatic carbocycles. The molecule has 0 radical (unpaired) electrons. The average molecular weight is 544 g/mol. The number of aromatic amines is 1. The molecule has 8 heteroatoms. The van der Waals surface area contributed by atoms with Crippen molar-refractivity contribution in [1.82, 2.24) is 14.8 Å². The molecule has 0 aliphatic heterocycles. The van der Waals surface area contributed by atoms with E-state index in [1.807, 2.05) is 53.6 Å². The molecule has 0 spiro atoms. The van der Waals surface area contributed by atoms with Gasteiger partial charge in [-0.05, 0) is 60.4 Å². The first-order valence-corrected chi connectivity index (χ1v) is 13.4.